The minimum atomic E-state index is 1.04. The van der Waals surface area contributed by atoms with Crippen molar-refractivity contribution in [3.63, 3.8) is 0 Å². The van der Waals surface area contributed by atoms with E-state index in [-0.39, 0.29) is 0 Å². The highest BCUT2D eigenvalue weighted by Crippen LogP contribution is 2.44. The van der Waals surface area contributed by atoms with Crippen molar-refractivity contribution in [2.24, 2.45) is 0 Å². The van der Waals surface area contributed by atoms with E-state index in [1.165, 1.54) is 66.1 Å². The molecule has 1 nitrogen and oxygen atoms in total. The molecule has 51 heavy (non-hydrogen) atoms. The molecule has 0 aromatic heterocycles. The first-order valence-corrected chi connectivity index (χ1v) is 17.8. The van der Waals surface area contributed by atoms with Crippen LogP contribution in [0.15, 0.2) is 200 Å². The lowest BCUT2D eigenvalue weighted by molar-refractivity contribution is 1.04. The van der Waals surface area contributed by atoms with Crippen LogP contribution in [0.25, 0.3) is 60.5 Å². The molecule has 9 rings (SSSR count). The summed E-state index contributed by atoms with van der Waals surface area (Å²) in [5.74, 6) is 0. The molecule has 8 aromatic rings. The van der Waals surface area contributed by atoms with Crippen LogP contribution in [-0.4, -0.2) is 0 Å². The zero-order valence-electron chi connectivity index (χ0n) is 28.4. The number of hydrogen-bond donors (Lipinski definition) is 0. The van der Waals surface area contributed by atoms with Crippen LogP contribution in [0.2, 0.25) is 0 Å². The molecule has 1 heteroatoms. The molecule has 0 N–H and O–H groups in total. The number of hydrogen-bond acceptors (Lipinski definition) is 1. The summed E-state index contributed by atoms with van der Waals surface area (Å²) in [6, 6.07) is 66.2. The van der Waals surface area contributed by atoms with Gasteiger partial charge < -0.3 is 4.90 Å². The van der Waals surface area contributed by atoms with Crippen molar-refractivity contribution >= 4 is 44.2 Å². The Bertz CT molecular complexity index is 2560. The highest BCUT2D eigenvalue weighted by molar-refractivity contribution is 6.13. The average Bonchev–Trinajstić information content (AvgIpc) is 3.22. The van der Waals surface area contributed by atoms with E-state index in [1.807, 2.05) is 0 Å². The van der Waals surface area contributed by atoms with Crippen LogP contribution in [0.3, 0.4) is 0 Å². The predicted molar refractivity (Wildman–Crippen MR) is 219 cm³/mol. The molecule has 0 aliphatic heterocycles. The topological polar surface area (TPSA) is 3.24 Å². The van der Waals surface area contributed by atoms with Gasteiger partial charge in [0.05, 0.1) is 5.69 Å². The van der Waals surface area contributed by atoms with E-state index in [4.69, 9.17) is 0 Å². The normalized spacial score (nSPS) is 12.6. The molecule has 0 heterocycles. The fourth-order valence-electron chi connectivity index (χ4n) is 7.55. The molecular weight excluding hydrogens is 615 g/mol. The Morgan fingerprint density at radius 1 is 0.373 bits per heavy atom. The van der Waals surface area contributed by atoms with Crippen molar-refractivity contribution in [3.05, 3.63) is 206 Å². The van der Waals surface area contributed by atoms with Gasteiger partial charge in [-0.05, 0) is 116 Å². The Hall–Kier alpha value is -6.44. The number of anilines is 3. The quantitative estimate of drug-likeness (QED) is 0.155. The van der Waals surface area contributed by atoms with Gasteiger partial charge in [0.15, 0.2) is 0 Å². The standard InChI is InChI=1S/C50H37N/c1-4-15-36(16-5-1)40-22-14-23-44(33-40)51(50-32-29-41(37-17-6-2-7-18-37)34-49(50)38-19-8-3-9-20-38)43-30-27-39(28-31-43)48-35-42-21-10-11-24-45(42)46-25-12-13-26-47(46)48/h1-2,4-8,10-35H,3,9H2. The van der Waals surface area contributed by atoms with E-state index in [2.05, 4.69) is 205 Å². The summed E-state index contributed by atoms with van der Waals surface area (Å²) in [6.45, 7) is 0. The second-order valence-corrected chi connectivity index (χ2v) is 13.2. The van der Waals surface area contributed by atoms with E-state index in [9.17, 15) is 0 Å². The maximum Gasteiger partial charge on any atom is 0.0540 e. The number of benzene rings is 8. The zero-order chi connectivity index (χ0) is 34.0. The monoisotopic (exact) mass is 651 g/mol. The fourth-order valence-corrected chi connectivity index (χ4v) is 7.55. The fraction of sp³-hybridized carbons (Fsp3) is 0.0400. The molecule has 1 aliphatic carbocycles. The summed E-state index contributed by atoms with van der Waals surface area (Å²) in [5, 5.41) is 5.10. The minimum Gasteiger partial charge on any atom is -0.310 e. The van der Waals surface area contributed by atoms with Crippen LogP contribution in [0.5, 0.6) is 0 Å². The van der Waals surface area contributed by atoms with Crippen molar-refractivity contribution in [1.29, 1.82) is 0 Å². The van der Waals surface area contributed by atoms with Crippen molar-refractivity contribution in [2.45, 2.75) is 12.8 Å². The SMILES string of the molecule is C1=CC(c2cc(-c3ccccc3)ccc2N(c2ccc(-c3cc4ccccc4c4ccccc34)cc2)c2cccc(-c3ccccc3)c2)=CCC1. The molecule has 1 aliphatic rings. The van der Waals surface area contributed by atoms with E-state index >= 15 is 0 Å². The second kappa shape index (κ2) is 13.5. The van der Waals surface area contributed by atoms with Gasteiger partial charge in [-0.2, -0.15) is 0 Å². The van der Waals surface area contributed by atoms with Gasteiger partial charge in [-0.3, -0.25) is 0 Å². The van der Waals surface area contributed by atoms with Gasteiger partial charge in [-0.1, -0.05) is 158 Å². The number of allylic oxidation sites excluding steroid dienone is 4. The van der Waals surface area contributed by atoms with Crippen LogP contribution >= 0.6 is 0 Å². The Morgan fingerprint density at radius 2 is 1.00 bits per heavy atom. The lowest BCUT2D eigenvalue weighted by Crippen LogP contribution is -2.12. The van der Waals surface area contributed by atoms with Gasteiger partial charge in [0, 0.05) is 16.9 Å². The molecule has 242 valence electrons. The van der Waals surface area contributed by atoms with Gasteiger partial charge in [-0.15, -0.1) is 0 Å². The predicted octanol–water partition coefficient (Wildman–Crippen LogP) is 14.2. The summed E-state index contributed by atoms with van der Waals surface area (Å²) in [7, 11) is 0. The Labute approximate surface area is 300 Å². The van der Waals surface area contributed by atoms with Crippen molar-refractivity contribution in [1.82, 2.24) is 0 Å². The number of fused-ring (bicyclic) bond motifs is 3. The first-order chi connectivity index (χ1) is 25.3. The zero-order valence-corrected chi connectivity index (χ0v) is 28.4. The highest BCUT2D eigenvalue weighted by Gasteiger charge is 2.20. The van der Waals surface area contributed by atoms with Gasteiger partial charge in [-0.25, -0.2) is 0 Å². The molecule has 0 amide bonds. The van der Waals surface area contributed by atoms with Crippen LogP contribution in [0.4, 0.5) is 17.1 Å². The van der Waals surface area contributed by atoms with Crippen molar-refractivity contribution in [3.8, 4) is 33.4 Å². The van der Waals surface area contributed by atoms with Gasteiger partial charge in [0.2, 0.25) is 0 Å². The molecule has 0 bridgehead atoms. The number of rotatable bonds is 7. The summed E-state index contributed by atoms with van der Waals surface area (Å²) >= 11 is 0. The van der Waals surface area contributed by atoms with Crippen LogP contribution in [0.1, 0.15) is 18.4 Å². The Balaban J connectivity index is 1.23. The highest BCUT2D eigenvalue weighted by atomic mass is 15.1. The van der Waals surface area contributed by atoms with Crippen molar-refractivity contribution < 1.29 is 0 Å². The van der Waals surface area contributed by atoms with Crippen LogP contribution in [-0.2, 0) is 0 Å². The Morgan fingerprint density at radius 3 is 1.73 bits per heavy atom. The van der Waals surface area contributed by atoms with Gasteiger partial charge in [0.1, 0.15) is 0 Å². The third-order valence-electron chi connectivity index (χ3n) is 10.1. The van der Waals surface area contributed by atoms with Crippen molar-refractivity contribution in [2.75, 3.05) is 4.90 Å². The molecule has 0 atom stereocenters. The van der Waals surface area contributed by atoms with Gasteiger partial charge >= 0.3 is 0 Å². The smallest absolute Gasteiger partial charge is 0.0540 e. The van der Waals surface area contributed by atoms with Crippen LogP contribution in [0, 0.1) is 0 Å². The molecule has 0 unspecified atom stereocenters. The summed E-state index contributed by atoms with van der Waals surface area (Å²) in [4.78, 5) is 2.43. The molecular formula is C50H37N. The first kappa shape index (κ1) is 30.6. The summed E-state index contributed by atoms with van der Waals surface area (Å²) in [5.41, 5.74) is 13.2. The molecule has 0 radical (unpaired) electrons. The number of nitrogens with zero attached hydrogens (tertiary/aromatic N) is 1. The first-order valence-electron chi connectivity index (χ1n) is 17.8. The van der Waals surface area contributed by atoms with Gasteiger partial charge in [0.25, 0.3) is 0 Å². The van der Waals surface area contributed by atoms with Crippen LogP contribution < -0.4 is 4.90 Å². The minimum absolute atomic E-state index is 1.04. The average molecular weight is 652 g/mol. The molecule has 0 saturated carbocycles. The van der Waals surface area contributed by atoms with E-state index < -0.39 is 0 Å². The Kier molecular flexibility index (Phi) is 8.08. The van der Waals surface area contributed by atoms with E-state index in [0.29, 0.717) is 0 Å². The third-order valence-corrected chi connectivity index (χ3v) is 10.1. The maximum atomic E-state index is 2.43. The molecule has 0 fully saturated rings. The van der Waals surface area contributed by atoms with E-state index in [0.717, 1.165) is 29.9 Å². The summed E-state index contributed by atoms with van der Waals surface area (Å²) < 4.78 is 0. The lowest BCUT2D eigenvalue weighted by atomic mass is 9.92. The van der Waals surface area contributed by atoms with E-state index in [1.54, 1.807) is 0 Å². The lowest BCUT2D eigenvalue weighted by Gasteiger charge is -2.29. The summed E-state index contributed by atoms with van der Waals surface area (Å²) in [6.07, 6.45) is 9.10. The largest absolute Gasteiger partial charge is 0.310 e. The molecule has 8 aromatic carbocycles. The molecule has 0 saturated heterocycles. The maximum absolute atomic E-state index is 2.43. The molecule has 0 spiro atoms. The second-order valence-electron chi connectivity index (χ2n) is 13.2. The third kappa shape index (κ3) is 5.94.